The molecule has 0 saturated heterocycles. The Kier molecular flexibility index (Phi) is 2.56. The van der Waals surface area contributed by atoms with Gasteiger partial charge in [-0.15, -0.1) is 0 Å². The van der Waals surface area contributed by atoms with Crippen molar-refractivity contribution in [2.75, 3.05) is 11.9 Å². The van der Waals surface area contributed by atoms with Gasteiger partial charge in [0.25, 0.3) is 15.9 Å². The highest BCUT2D eigenvalue weighted by molar-refractivity contribution is 9.09. The molecule has 15 heavy (non-hydrogen) atoms. The van der Waals surface area contributed by atoms with E-state index in [0.717, 1.165) is 4.31 Å². The van der Waals surface area contributed by atoms with Crippen molar-refractivity contribution in [3.05, 3.63) is 29.8 Å². The highest BCUT2D eigenvalue weighted by Gasteiger charge is 2.40. The highest BCUT2D eigenvalue weighted by atomic mass is 79.9. The molecule has 0 radical (unpaired) electrons. The van der Waals surface area contributed by atoms with Crippen molar-refractivity contribution in [1.29, 1.82) is 0 Å². The number of fused-ring (bicyclic) bond motifs is 1. The number of halogens is 1. The van der Waals surface area contributed by atoms with Gasteiger partial charge < -0.3 is 0 Å². The van der Waals surface area contributed by atoms with E-state index in [0.29, 0.717) is 5.33 Å². The quantitative estimate of drug-likeness (QED) is 0.770. The van der Waals surface area contributed by atoms with E-state index in [4.69, 9.17) is 0 Å². The number of sulfonamides is 1. The molecular weight excluding hydrogens is 282 g/mol. The number of rotatable bonds is 2. The molecule has 0 atom stereocenters. The molecule has 1 aromatic rings. The van der Waals surface area contributed by atoms with Crippen LogP contribution in [0, 0.1) is 0 Å². The number of nitrogens with zero attached hydrogens (tertiary/aromatic N) is 1. The highest BCUT2D eigenvalue weighted by Crippen LogP contribution is 2.29. The predicted molar refractivity (Wildman–Crippen MR) is 58.5 cm³/mol. The number of hydrogen-bond acceptors (Lipinski definition) is 3. The number of amides is 1. The van der Waals surface area contributed by atoms with Crippen molar-refractivity contribution in [2.45, 2.75) is 4.90 Å². The normalized spacial score (nSPS) is 17.9. The van der Waals surface area contributed by atoms with Gasteiger partial charge in [-0.25, -0.2) is 12.7 Å². The Hall–Kier alpha value is -0.880. The van der Waals surface area contributed by atoms with Gasteiger partial charge in [-0.3, -0.25) is 4.79 Å². The molecule has 6 heteroatoms. The Morgan fingerprint density at radius 3 is 2.53 bits per heavy atom. The van der Waals surface area contributed by atoms with Gasteiger partial charge in [-0.1, -0.05) is 28.1 Å². The maximum atomic E-state index is 11.9. The van der Waals surface area contributed by atoms with Crippen LogP contribution in [0.25, 0.3) is 0 Å². The first-order chi connectivity index (χ1) is 7.09. The topological polar surface area (TPSA) is 54.5 Å². The third-order valence-corrected chi connectivity index (χ3v) is 4.39. The summed E-state index contributed by atoms with van der Waals surface area (Å²) in [6.07, 6.45) is 0. The van der Waals surface area contributed by atoms with Crippen LogP contribution in [0.5, 0.6) is 0 Å². The molecule has 0 fully saturated rings. The zero-order valence-corrected chi connectivity index (χ0v) is 10.1. The fourth-order valence-electron chi connectivity index (χ4n) is 1.53. The number of alkyl halides is 1. The van der Waals surface area contributed by atoms with Gasteiger partial charge in [0.05, 0.1) is 5.56 Å². The molecule has 1 aliphatic rings. The Bertz CT molecular complexity index is 512. The van der Waals surface area contributed by atoms with Crippen LogP contribution in [0.15, 0.2) is 29.2 Å². The lowest BCUT2D eigenvalue weighted by molar-refractivity contribution is 0.0877. The largest absolute Gasteiger partial charge is 0.269 e. The van der Waals surface area contributed by atoms with Crippen molar-refractivity contribution in [2.24, 2.45) is 0 Å². The summed E-state index contributed by atoms with van der Waals surface area (Å²) in [5, 5.41) is 0.436. The molecule has 4 nitrogen and oxygen atoms in total. The molecule has 80 valence electrons. The molecule has 1 heterocycles. The molecule has 0 spiro atoms. The minimum Gasteiger partial charge on any atom is -0.268 e. The standard InChI is InChI=1S/C9H8BrNO3S/c10-5-6-11-9(12)7-3-1-2-4-8(7)15(11,13)14/h1-4H,5-6H2. The lowest BCUT2D eigenvalue weighted by Gasteiger charge is -2.12. The second-order valence-electron chi connectivity index (χ2n) is 3.07. The van der Waals surface area contributed by atoms with Crippen LogP contribution in [0.1, 0.15) is 10.4 Å². The molecule has 0 unspecified atom stereocenters. The van der Waals surface area contributed by atoms with Gasteiger partial charge in [0.1, 0.15) is 4.90 Å². The molecule has 2 rings (SSSR count). The van der Waals surface area contributed by atoms with Crippen molar-refractivity contribution < 1.29 is 13.2 Å². The molecule has 1 aliphatic heterocycles. The minimum absolute atomic E-state index is 0.107. The first-order valence-corrected chi connectivity index (χ1v) is 6.87. The summed E-state index contributed by atoms with van der Waals surface area (Å²) in [5.74, 6) is -0.440. The average Bonchev–Trinajstić information content (AvgIpc) is 2.41. The predicted octanol–water partition coefficient (Wildman–Crippen LogP) is 1.23. The van der Waals surface area contributed by atoms with E-state index in [1.54, 1.807) is 12.1 Å². The van der Waals surface area contributed by atoms with Gasteiger partial charge in [0.2, 0.25) is 0 Å². The lowest BCUT2D eigenvalue weighted by Crippen LogP contribution is -2.31. The van der Waals surface area contributed by atoms with Crippen molar-refractivity contribution in [3.63, 3.8) is 0 Å². The van der Waals surface area contributed by atoms with Crippen molar-refractivity contribution in [1.82, 2.24) is 4.31 Å². The molecule has 0 aliphatic carbocycles. The van der Waals surface area contributed by atoms with Crippen molar-refractivity contribution >= 4 is 31.9 Å². The maximum absolute atomic E-state index is 11.9. The fraction of sp³-hybridized carbons (Fsp3) is 0.222. The van der Waals surface area contributed by atoms with Crippen LogP contribution in [0.4, 0.5) is 0 Å². The summed E-state index contributed by atoms with van der Waals surface area (Å²) >= 11 is 3.12. The third-order valence-electron chi connectivity index (χ3n) is 2.20. The molecule has 1 aromatic carbocycles. The first-order valence-electron chi connectivity index (χ1n) is 4.31. The Morgan fingerprint density at radius 2 is 1.93 bits per heavy atom. The number of benzene rings is 1. The Morgan fingerprint density at radius 1 is 1.27 bits per heavy atom. The SMILES string of the molecule is O=C1c2ccccc2S(=O)(=O)N1CCBr. The van der Waals surface area contributed by atoms with E-state index in [2.05, 4.69) is 15.9 Å². The number of carbonyl (C=O) groups excluding carboxylic acids is 1. The molecule has 0 saturated carbocycles. The molecule has 1 amide bonds. The summed E-state index contributed by atoms with van der Waals surface area (Å²) in [5.41, 5.74) is 0.262. The zero-order chi connectivity index (χ0) is 11.1. The zero-order valence-electron chi connectivity index (χ0n) is 7.68. The van der Waals surface area contributed by atoms with Gasteiger partial charge in [0, 0.05) is 11.9 Å². The fourth-order valence-corrected chi connectivity index (χ4v) is 3.69. The van der Waals surface area contributed by atoms with E-state index >= 15 is 0 Å². The second-order valence-corrected chi connectivity index (χ2v) is 5.69. The van der Waals surface area contributed by atoms with Gasteiger partial charge >= 0.3 is 0 Å². The average molecular weight is 290 g/mol. The second kappa shape index (κ2) is 3.61. The summed E-state index contributed by atoms with van der Waals surface area (Å²) in [6.45, 7) is 0.163. The van der Waals surface area contributed by atoms with Gasteiger partial charge in [-0.2, -0.15) is 0 Å². The number of hydrogen-bond donors (Lipinski definition) is 0. The van der Waals surface area contributed by atoms with Gasteiger partial charge in [-0.05, 0) is 12.1 Å². The van der Waals surface area contributed by atoms with Crippen LogP contribution >= 0.6 is 15.9 Å². The van der Waals surface area contributed by atoms with Crippen LogP contribution < -0.4 is 0 Å². The van der Waals surface area contributed by atoms with Gasteiger partial charge in [0.15, 0.2) is 0 Å². The summed E-state index contributed by atoms with van der Waals surface area (Å²) in [4.78, 5) is 11.8. The van der Waals surface area contributed by atoms with E-state index in [-0.39, 0.29) is 17.0 Å². The van der Waals surface area contributed by atoms with E-state index in [1.807, 2.05) is 0 Å². The van der Waals surface area contributed by atoms with E-state index in [1.165, 1.54) is 12.1 Å². The summed E-state index contributed by atoms with van der Waals surface area (Å²) < 4.78 is 24.6. The number of carbonyl (C=O) groups is 1. The minimum atomic E-state index is -3.60. The third kappa shape index (κ3) is 1.48. The van der Waals surface area contributed by atoms with Crippen molar-refractivity contribution in [3.8, 4) is 0 Å². The first kappa shape index (κ1) is 10.6. The molecular formula is C9H8BrNO3S. The lowest BCUT2D eigenvalue weighted by atomic mass is 10.2. The molecule has 0 aromatic heterocycles. The summed E-state index contributed by atoms with van der Waals surface area (Å²) in [6, 6.07) is 6.26. The summed E-state index contributed by atoms with van der Waals surface area (Å²) in [7, 11) is -3.60. The monoisotopic (exact) mass is 289 g/mol. The van der Waals surface area contributed by atoms with E-state index in [9.17, 15) is 13.2 Å². The van der Waals surface area contributed by atoms with Crippen LogP contribution in [-0.4, -0.2) is 30.5 Å². The van der Waals surface area contributed by atoms with Crippen LogP contribution in [-0.2, 0) is 10.0 Å². The molecule has 0 bridgehead atoms. The molecule has 0 N–H and O–H groups in total. The van der Waals surface area contributed by atoms with Crippen LogP contribution in [0.3, 0.4) is 0 Å². The smallest absolute Gasteiger partial charge is 0.268 e. The van der Waals surface area contributed by atoms with E-state index < -0.39 is 15.9 Å². The Balaban J connectivity index is 2.60. The van der Waals surface area contributed by atoms with Crippen LogP contribution in [0.2, 0.25) is 0 Å². The Labute approximate surface area is 96.1 Å². The maximum Gasteiger partial charge on any atom is 0.269 e.